The molecule has 1 aliphatic carbocycles. The minimum atomic E-state index is -0.371. The van der Waals surface area contributed by atoms with Crippen LogP contribution < -0.4 is 5.32 Å². The van der Waals surface area contributed by atoms with Crippen LogP contribution in [0.15, 0.2) is 18.2 Å². The van der Waals surface area contributed by atoms with Crippen molar-refractivity contribution in [3.8, 4) is 0 Å². The highest BCUT2D eigenvalue weighted by Gasteiger charge is 2.41. The van der Waals surface area contributed by atoms with E-state index in [1.165, 1.54) is 12.1 Å². The number of hydrogen-bond acceptors (Lipinski definition) is 3. The number of nitrogens with zero attached hydrogens (tertiary/aromatic N) is 2. The predicted octanol–water partition coefficient (Wildman–Crippen LogP) is 2.34. The Balaban J connectivity index is 1.43. The number of amides is 2. The highest BCUT2D eigenvalue weighted by molar-refractivity contribution is 5.94. The lowest BCUT2D eigenvalue weighted by atomic mass is 10.0. The van der Waals surface area contributed by atoms with E-state index in [0.717, 1.165) is 50.8 Å². The summed E-state index contributed by atoms with van der Waals surface area (Å²) in [5.74, 6) is -0.152. The minimum Gasteiger partial charge on any atom is -0.354 e. The maximum Gasteiger partial charge on any atom is 0.254 e. The van der Waals surface area contributed by atoms with Crippen LogP contribution in [-0.4, -0.2) is 59.9 Å². The average molecular weight is 373 g/mol. The molecular weight excluding hydrogens is 345 g/mol. The van der Waals surface area contributed by atoms with Gasteiger partial charge in [0, 0.05) is 49.7 Å². The summed E-state index contributed by atoms with van der Waals surface area (Å²) in [4.78, 5) is 29.7. The summed E-state index contributed by atoms with van der Waals surface area (Å²) in [7, 11) is 0. The molecule has 1 N–H and O–H groups in total. The molecule has 5 nitrogen and oxygen atoms in total. The minimum absolute atomic E-state index is 0.101. The van der Waals surface area contributed by atoms with Crippen LogP contribution in [0, 0.1) is 18.7 Å². The zero-order valence-corrected chi connectivity index (χ0v) is 15.9. The predicted molar refractivity (Wildman–Crippen MR) is 101 cm³/mol. The molecule has 27 heavy (non-hydrogen) atoms. The van der Waals surface area contributed by atoms with Crippen LogP contribution in [0.3, 0.4) is 0 Å². The third-order valence-electron chi connectivity index (χ3n) is 6.35. The van der Waals surface area contributed by atoms with Crippen LogP contribution in [0.1, 0.15) is 48.0 Å². The molecule has 3 fully saturated rings. The molecule has 1 saturated carbocycles. The molecule has 1 aromatic carbocycles. The van der Waals surface area contributed by atoms with Crippen LogP contribution in [0.2, 0.25) is 0 Å². The molecule has 2 heterocycles. The lowest BCUT2D eigenvalue weighted by Gasteiger charge is -2.40. The van der Waals surface area contributed by atoms with E-state index in [1.807, 2.05) is 4.90 Å². The Morgan fingerprint density at radius 1 is 1.15 bits per heavy atom. The number of piperazine rings is 1. The zero-order valence-electron chi connectivity index (χ0n) is 15.9. The largest absolute Gasteiger partial charge is 0.354 e. The Morgan fingerprint density at radius 3 is 2.67 bits per heavy atom. The van der Waals surface area contributed by atoms with Crippen molar-refractivity contribution in [3.63, 3.8) is 0 Å². The van der Waals surface area contributed by atoms with Crippen molar-refractivity contribution in [2.24, 2.45) is 5.92 Å². The number of aryl methyl sites for hydroxylation is 1. The summed E-state index contributed by atoms with van der Waals surface area (Å²) in [6.45, 7) is 4.75. The molecule has 3 unspecified atom stereocenters. The van der Waals surface area contributed by atoms with Gasteiger partial charge in [0.1, 0.15) is 5.82 Å². The first kappa shape index (κ1) is 18.4. The Hall–Kier alpha value is -1.95. The molecule has 3 atom stereocenters. The van der Waals surface area contributed by atoms with Crippen molar-refractivity contribution in [2.45, 2.75) is 51.1 Å². The smallest absolute Gasteiger partial charge is 0.254 e. The summed E-state index contributed by atoms with van der Waals surface area (Å²) in [6.07, 6.45) is 5.21. The van der Waals surface area contributed by atoms with Crippen molar-refractivity contribution in [1.82, 2.24) is 15.1 Å². The lowest BCUT2D eigenvalue weighted by molar-refractivity contribution is -0.125. The van der Waals surface area contributed by atoms with Crippen molar-refractivity contribution in [3.05, 3.63) is 35.1 Å². The molecule has 3 aliphatic rings. The fourth-order valence-electron chi connectivity index (χ4n) is 4.86. The average Bonchev–Trinajstić information content (AvgIpc) is 3.30. The molecule has 0 radical (unpaired) electrons. The van der Waals surface area contributed by atoms with E-state index in [-0.39, 0.29) is 35.6 Å². The summed E-state index contributed by atoms with van der Waals surface area (Å²) in [6, 6.07) is 4.83. The second-order valence-electron chi connectivity index (χ2n) is 8.29. The topological polar surface area (TPSA) is 52.7 Å². The van der Waals surface area contributed by atoms with E-state index in [0.29, 0.717) is 18.7 Å². The maximum absolute atomic E-state index is 13.8. The third kappa shape index (κ3) is 3.86. The molecule has 6 heteroatoms. The van der Waals surface area contributed by atoms with Crippen molar-refractivity contribution in [1.29, 1.82) is 0 Å². The van der Waals surface area contributed by atoms with Crippen LogP contribution in [0.25, 0.3) is 0 Å². The van der Waals surface area contributed by atoms with Gasteiger partial charge in [-0.15, -0.1) is 0 Å². The Labute approximate surface area is 159 Å². The second kappa shape index (κ2) is 7.58. The van der Waals surface area contributed by atoms with Crippen molar-refractivity contribution >= 4 is 11.8 Å². The van der Waals surface area contributed by atoms with Gasteiger partial charge in [-0.05, 0) is 49.9 Å². The molecule has 2 aliphatic heterocycles. The van der Waals surface area contributed by atoms with E-state index >= 15 is 0 Å². The number of carbonyl (C=O) groups is 2. The number of rotatable bonds is 4. The van der Waals surface area contributed by atoms with Gasteiger partial charge in [-0.3, -0.25) is 14.5 Å². The fraction of sp³-hybridized carbons (Fsp3) is 0.619. The van der Waals surface area contributed by atoms with Gasteiger partial charge < -0.3 is 10.2 Å². The Bertz CT molecular complexity index is 712. The second-order valence-corrected chi connectivity index (χ2v) is 8.29. The SMILES string of the molecule is Cc1cc(F)cc(C(=O)N2CC(CNC(=O)C3CCCC3)N3CCC2C3)c1. The summed E-state index contributed by atoms with van der Waals surface area (Å²) in [5, 5.41) is 3.12. The van der Waals surface area contributed by atoms with Gasteiger partial charge in [-0.1, -0.05) is 12.8 Å². The van der Waals surface area contributed by atoms with Gasteiger partial charge in [0.05, 0.1) is 0 Å². The lowest BCUT2D eigenvalue weighted by Crippen LogP contribution is -2.58. The molecule has 0 spiro atoms. The first-order chi connectivity index (χ1) is 13.0. The first-order valence-electron chi connectivity index (χ1n) is 10.1. The molecule has 4 rings (SSSR count). The monoisotopic (exact) mass is 373 g/mol. The normalized spacial score (nSPS) is 27.8. The summed E-state index contributed by atoms with van der Waals surface area (Å²) < 4.78 is 13.8. The molecule has 2 amide bonds. The summed E-state index contributed by atoms with van der Waals surface area (Å²) >= 11 is 0. The van der Waals surface area contributed by atoms with E-state index in [9.17, 15) is 14.0 Å². The number of benzene rings is 1. The molecule has 0 aromatic heterocycles. The molecule has 146 valence electrons. The molecule has 2 saturated heterocycles. The van der Waals surface area contributed by atoms with E-state index in [1.54, 1.807) is 13.0 Å². The molecule has 2 bridgehead atoms. The Morgan fingerprint density at radius 2 is 1.93 bits per heavy atom. The highest BCUT2D eigenvalue weighted by Crippen LogP contribution is 2.28. The third-order valence-corrected chi connectivity index (χ3v) is 6.35. The number of nitrogens with one attached hydrogen (secondary N) is 1. The summed E-state index contributed by atoms with van der Waals surface area (Å²) in [5.41, 5.74) is 1.17. The van der Waals surface area contributed by atoms with Gasteiger partial charge in [-0.25, -0.2) is 4.39 Å². The molecule has 1 aromatic rings. The van der Waals surface area contributed by atoms with Gasteiger partial charge in [0.25, 0.3) is 5.91 Å². The van der Waals surface area contributed by atoms with Crippen LogP contribution in [0.5, 0.6) is 0 Å². The fourth-order valence-corrected chi connectivity index (χ4v) is 4.86. The van der Waals surface area contributed by atoms with Gasteiger partial charge in [-0.2, -0.15) is 0 Å². The van der Waals surface area contributed by atoms with Gasteiger partial charge >= 0.3 is 0 Å². The standard InChI is InChI=1S/C21H28FN3O2/c1-14-8-16(10-17(22)9-14)21(27)25-13-19(24-7-6-18(25)12-24)11-23-20(26)15-4-2-3-5-15/h8-10,15,18-19H,2-7,11-13H2,1H3,(H,23,26). The van der Waals surface area contributed by atoms with Crippen LogP contribution in [-0.2, 0) is 4.79 Å². The zero-order chi connectivity index (χ0) is 19.0. The van der Waals surface area contributed by atoms with E-state index in [4.69, 9.17) is 0 Å². The number of halogens is 1. The van der Waals surface area contributed by atoms with Gasteiger partial charge in [0.15, 0.2) is 0 Å². The van der Waals surface area contributed by atoms with Crippen molar-refractivity contribution in [2.75, 3.05) is 26.2 Å². The van der Waals surface area contributed by atoms with Crippen LogP contribution >= 0.6 is 0 Å². The van der Waals surface area contributed by atoms with Gasteiger partial charge in [0.2, 0.25) is 5.91 Å². The number of carbonyl (C=O) groups excluding carboxylic acids is 2. The van der Waals surface area contributed by atoms with E-state index < -0.39 is 0 Å². The first-order valence-corrected chi connectivity index (χ1v) is 10.1. The number of hydrogen-bond donors (Lipinski definition) is 1. The quantitative estimate of drug-likeness (QED) is 0.881. The van der Waals surface area contributed by atoms with Crippen LogP contribution in [0.4, 0.5) is 4.39 Å². The maximum atomic E-state index is 13.8. The molecular formula is C21H28FN3O2. The number of fused-ring (bicyclic) bond motifs is 2. The van der Waals surface area contributed by atoms with E-state index in [2.05, 4.69) is 10.2 Å². The Kier molecular flexibility index (Phi) is 5.17. The highest BCUT2D eigenvalue weighted by atomic mass is 19.1. The van der Waals surface area contributed by atoms with Crippen molar-refractivity contribution < 1.29 is 14.0 Å².